The van der Waals surface area contributed by atoms with E-state index in [1.165, 1.54) is 44.9 Å². The van der Waals surface area contributed by atoms with Gasteiger partial charge in [0.2, 0.25) is 0 Å². The molecule has 1 aromatic carbocycles. The lowest BCUT2D eigenvalue weighted by atomic mass is 10.1. The molecule has 0 saturated carbocycles. The number of pyridine rings is 1. The highest BCUT2D eigenvalue weighted by molar-refractivity contribution is 5.98. The lowest BCUT2D eigenvalue weighted by molar-refractivity contribution is 0.288. The average molecular weight is 344 g/mol. The molecule has 2 aromatic rings. The largest absolute Gasteiger partial charge is 0.493 e. The zero-order valence-electron chi connectivity index (χ0n) is 15.9. The first kappa shape index (κ1) is 19.4. The zero-order valence-corrected chi connectivity index (χ0v) is 15.9. The van der Waals surface area contributed by atoms with Crippen molar-refractivity contribution in [1.29, 1.82) is 0 Å². The number of nitrogens with two attached hydrogens (primary N) is 1. The second-order valence-corrected chi connectivity index (χ2v) is 6.67. The predicted octanol–water partition coefficient (Wildman–Crippen LogP) is 5.65. The quantitative estimate of drug-likeness (QED) is 0.422. The molecular formula is C21H32N2O2. The highest BCUT2D eigenvalue weighted by Crippen LogP contribution is 2.40. The van der Waals surface area contributed by atoms with Gasteiger partial charge >= 0.3 is 0 Å². The normalized spacial score (nSPS) is 11.0. The molecule has 1 aromatic heterocycles. The first-order valence-electron chi connectivity index (χ1n) is 9.53. The number of aryl methyl sites for hydroxylation is 1. The Morgan fingerprint density at radius 2 is 1.72 bits per heavy atom. The van der Waals surface area contributed by atoms with Crippen LogP contribution in [0, 0.1) is 6.92 Å². The second-order valence-electron chi connectivity index (χ2n) is 6.67. The molecule has 2 N–H and O–H groups in total. The van der Waals surface area contributed by atoms with Crippen LogP contribution in [0.1, 0.15) is 63.9 Å². The van der Waals surface area contributed by atoms with Gasteiger partial charge in [0, 0.05) is 12.3 Å². The number of aromatic nitrogens is 1. The SMILES string of the molecule is CCCCCCCCCCOc1c(OC)cc(N)c2nccc(C)c12. The van der Waals surface area contributed by atoms with Crippen LogP contribution in [0.4, 0.5) is 5.69 Å². The topological polar surface area (TPSA) is 57.4 Å². The third kappa shape index (κ3) is 5.25. The molecule has 0 bridgehead atoms. The van der Waals surface area contributed by atoms with E-state index in [4.69, 9.17) is 15.2 Å². The maximum Gasteiger partial charge on any atom is 0.170 e. The van der Waals surface area contributed by atoms with Crippen LogP contribution in [0.2, 0.25) is 0 Å². The fourth-order valence-electron chi connectivity index (χ4n) is 3.17. The molecule has 0 amide bonds. The van der Waals surface area contributed by atoms with Crippen molar-refractivity contribution >= 4 is 16.6 Å². The summed E-state index contributed by atoms with van der Waals surface area (Å²) in [5.41, 5.74) is 8.62. The van der Waals surface area contributed by atoms with Gasteiger partial charge in [-0.1, -0.05) is 51.9 Å². The standard InChI is InChI=1S/C21H32N2O2/c1-4-5-6-7-8-9-10-11-14-25-21-18(24-3)15-17(22)20-19(21)16(2)12-13-23-20/h12-13,15H,4-11,14,22H2,1-3H3. The molecule has 2 rings (SSSR count). The number of nitrogens with zero attached hydrogens (tertiary/aromatic N) is 1. The summed E-state index contributed by atoms with van der Waals surface area (Å²) in [6.07, 6.45) is 12.1. The van der Waals surface area contributed by atoms with Gasteiger partial charge < -0.3 is 15.2 Å². The van der Waals surface area contributed by atoms with Crippen LogP contribution in [-0.2, 0) is 0 Å². The molecule has 0 atom stereocenters. The fraction of sp³-hybridized carbons (Fsp3) is 0.571. The Morgan fingerprint density at radius 1 is 1.04 bits per heavy atom. The van der Waals surface area contributed by atoms with Crippen LogP contribution in [-0.4, -0.2) is 18.7 Å². The molecule has 0 saturated heterocycles. The number of nitrogen functional groups attached to an aromatic ring is 1. The predicted molar refractivity (Wildman–Crippen MR) is 106 cm³/mol. The molecule has 1 heterocycles. The van der Waals surface area contributed by atoms with Crippen molar-refractivity contribution in [3.05, 3.63) is 23.9 Å². The van der Waals surface area contributed by atoms with Crippen molar-refractivity contribution in [2.45, 2.75) is 65.2 Å². The third-order valence-electron chi connectivity index (χ3n) is 4.63. The van der Waals surface area contributed by atoms with Gasteiger partial charge in [-0.3, -0.25) is 4.98 Å². The van der Waals surface area contributed by atoms with E-state index in [2.05, 4.69) is 11.9 Å². The number of anilines is 1. The van der Waals surface area contributed by atoms with Gasteiger partial charge in [-0.2, -0.15) is 0 Å². The Kier molecular flexibility index (Phi) is 7.83. The molecule has 0 aliphatic rings. The Balaban J connectivity index is 1.93. The molecule has 4 nitrogen and oxygen atoms in total. The zero-order chi connectivity index (χ0) is 18.1. The Hall–Kier alpha value is -1.97. The van der Waals surface area contributed by atoms with Crippen LogP contribution < -0.4 is 15.2 Å². The summed E-state index contributed by atoms with van der Waals surface area (Å²) in [6.45, 7) is 4.99. The van der Waals surface area contributed by atoms with Crippen molar-refractivity contribution in [2.75, 3.05) is 19.5 Å². The number of benzene rings is 1. The number of methoxy groups -OCH3 is 1. The Morgan fingerprint density at radius 3 is 2.40 bits per heavy atom. The minimum atomic E-state index is 0.620. The molecule has 0 radical (unpaired) electrons. The minimum absolute atomic E-state index is 0.620. The van der Waals surface area contributed by atoms with Gasteiger partial charge in [-0.15, -0.1) is 0 Å². The van der Waals surface area contributed by atoms with Gasteiger partial charge in [0.25, 0.3) is 0 Å². The number of fused-ring (bicyclic) bond motifs is 1. The fourth-order valence-corrected chi connectivity index (χ4v) is 3.17. The van der Waals surface area contributed by atoms with Crippen LogP contribution in [0.25, 0.3) is 10.9 Å². The lowest BCUT2D eigenvalue weighted by Gasteiger charge is -2.16. The van der Waals surface area contributed by atoms with E-state index in [0.717, 1.165) is 28.6 Å². The number of hydrogen-bond acceptors (Lipinski definition) is 4. The lowest BCUT2D eigenvalue weighted by Crippen LogP contribution is -2.03. The van der Waals surface area contributed by atoms with Crippen LogP contribution in [0.15, 0.2) is 18.3 Å². The van der Waals surface area contributed by atoms with Gasteiger partial charge in [-0.05, 0) is 25.0 Å². The maximum absolute atomic E-state index is 6.12. The molecule has 25 heavy (non-hydrogen) atoms. The highest BCUT2D eigenvalue weighted by Gasteiger charge is 2.15. The average Bonchev–Trinajstić information content (AvgIpc) is 2.62. The van der Waals surface area contributed by atoms with E-state index in [0.29, 0.717) is 18.0 Å². The highest BCUT2D eigenvalue weighted by atomic mass is 16.5. The van der Waals surface area contributed by atoms with Crippen LogP contribution in [0.3, 0.4) is 0 Å². The Bertz CT molecular complexity index is 670. The van der Waals surface area contributed by atoms with Crippen molar-refractivity contribution in [2.24, 2.45) is 0 Å². The van der Waals surface area contributed by atoms with E-state index >= 15 is 0 Å². The minimum Gasteiger partial charge on any atom is -0.493 e. The first-order valence-corrected chi connectivity index (χ1v) is 9.53. The third-order valence-corrected chi connectivity index (χ3v) is 4.63. The van der Waals surface area contributed by atoms with Crippen molar-refractivity contribution in [1.82, 2.24) is 4.98 Å². The van der Waals surface area contributed by atoms with E-state index in [1.807, 2.05) is 13.0 Å². The molecule has 138 valence electrons. The van der Waals surface area contributed by atoms with Crippen molar-refractivity contribution in [3.8, 4) is 11.5 Å². The van der Waals surface area contributed by atoms with Gasteiger partial charge in [-0.25, -0.2) is 0 Å². The summed E-state index contributed by atoms with van der Waals surface area (Å²) in [7, 11) is 1.65. The van der Waals surface area contributed by atoms with Gasteiger partial charge in [0.05, 0.1) is 30.3 Å². The van der Waals surface area contributed by atoms with E-state index < -0.39 is 0 Å². The monoisotopic (exact) mass is 344 g/mol. The Labute approximate surface area is 151 Å². The van der Waals surface area contributed by atoms with Gasteiger partial charge in [0.15, 0.2) is 11.5 Å². The van der Waals surface area contributed by atoms with Crippen molar-refractivity contribution < 1.29 is 9.47 Å². The molecule has 0 spiro atoms. The van der Waals surface area contributed by atoms with E-state index in [9.17, 15) is 0 Å². The summed E-state index contributed by atoms with van der Waals surface area (Å²) < 4.78 is 11.6. The molecule has 0 fully saturated rings. The van der Waals surface area contributed by atoms with E-state index in [1.54, 1.807) is 19.4 Å². The number of rotatable bonds is 11. The smallest absolute Gasteiger partial charge is 0.170 e. The molecule has 4 heteroatoms. The summed E-state index contributed by atoms with van der Waals surface area (Å²) >= 11 is 0. The summed E-state index contributed by atoms with van der Waals surface area (Å²) in [4.78, 5) is 4.41. The number of hydrogen-bond donors (Lipinski definition) is 1. The van der Waals surface area contributed by atoms with E-state index in [-0.39, 0.29) is 0 Å². The first-order chi connectivity index (χ1) is 12.2. The second kappa shape index (κ2) is 10.1. The molecular weight excluding hydrogens is 312 g/mol. The number of ether oxygens (including phenoxy) is 2. The summed E-state index contributed by atoms with van der Waals surface area (Å²) in [5, 5.41) is 0.957. The molecule has 0 unspecified atom stereocenters. The van der Waals surface area contributed by atoms with Gasteiger partial charge in [0.1, 0.15) is 0 Å². The van der Waals surface area contributed by atoms with Crippen LogP contribution >= 0.6 is 0 Å². The molecule has 0 aliphatic carbocycles. The summed E-state index contributed by atoms with van der Waals surface area (Å²) in [6, 6.07) is 3.78. The molecule has 0 aliphatic heterocycles. The number of unbranched alkanes of at least 4 members (excludes halogenated alkanes) is 7. The van der Waals surface area contributed by atoms with Crippen LogP contribution in [0.5, 0.6) is 11.5 Å². The van der Waals surface area contributed by atoms with Crippen molar-refractivity contribution in [3.63, 3.8) is 0 Å². The maximum atomic E-state index is 6.12. The summed E-state index contributed by atoms with van der Waals surface area (Å²) in [5.74, 6) is 1.45.